The number of hydrogen-bond donors (Lipinski definition) is 0. The fourth-order valence-electron chi connectivity index (χ4n) is 2.72. The smallest absolute Gasteiger partial charge is 0.310 e. The number of nitrogens with zero attached hydrogens (tertiary/aromatic N) is 1. The second kappa shape index (κ2) is 7.78. The van der Waals surface area contributed by atoms with Crippen LogP contribution in [0.4, 0.5) is 0 Å². The molecule has 0 saturated carbocycles. The first-order valence-corrected chi connectivity index (χ1v) is 7.81. The maximum atomic E-state index is 12.5. The minimum absolute atomic E-state index is 0.00199. The number of esters is 1. The molecule has 0 radical (unpaired) electrons. The van der Waals surface area contributed by atoms with Gasteiger partial charge >= 0.3 is 5.97 Å². The average molecular weight is 301 g/mol. The van der Waals surface area contributed by atoms with Gasteiger partial charge in [0.15, 0.2) is 0 Å². The zero-order valence-corrected chi connectivity index (χ0v) is 13.2. The molecule has 0 aromatic heterocycles. The van der Waals surface area contributed by atoms with Crippen LogP contribution in [0, 0.1) is 5.92 Å². The molecular weight excluding hydrogens is 278 g/mol. The molecule has 1 aliphatic heterocycles. The van der Waals surface area contributed by atoms with E-state index in [2.05, 4.69) is 0 Å². The van der Waals surface area contributed by atoms with E-state index in [9.17, 15) is 9.59 Å². The Balaban J connectivity index is 2.02. The molecule has 4 nitrogen and oxygen atoms in total. The third-order valence-electron chi connectivity index (χ3n) is 3.85. The second-order valence-electron chi connectivity index (χ2n) is 5.58. The Kier molecular flexibility index (Phi) is 5.75. The van der Waals surface area contributed by atoms with Crippen molar-refractivity contribution in [2.75, 3.05) is 19.7 Å². The van der Waals surface area contributed by atoms with Gasteiger partial charge in [-0.2, -0.15) is 0 Å². The zero-order valence-electron chi connectivity index (χ0n) is 13.2. The van der Waals surface area contributed by atoms with Gasteiger partial charge in [-0.25, -0.2) is 0 Å². The molecule has 1 aliphatic rings. The van der Waals surface area contributed by atoms with Gasteiger partial charge in [0.05, 0.1) is 12.5 Å². The molecule has 1 unspecified atom stereocenters. The van der Waals surface area contributed by atoms with Crippen molar-refractivity contribution < 1.29 is 14.3 Å². The van der Waals surface area contributed by atoms with Crippen molar-refractivity contribution in [2.24, 2.45) is 5.92 Å². The van der Waals surface area contributed by atoms with Crippen LogP contribution >= 0.6 is 0 Å². The number of piperidine rings is 1. The minimum Gasteiger partial charge on any atom is -0.466 e. The predicted molar refractivity (Wildman–Crippen MR) is 86.0 cm³/mol. The highest BCUT2D eigenvalue weighted by Crippen LogP contribution is 2.20. The van der Waals surface area contributed by atoms with Gasteiger partial charge < -0.3 is 9.64 Å². The summed E-state index contributed by atoms with van der Waals surface area (Å²) in [6.45, 7) is 5.17. The maximum Gasteiger partial charge on any atom is 0.310 e. The van der Waals surface area contributed by atoms with Crippen molar-refractivity contribution in [3.63, 3.8) is 0 Å². The van der Waals surface area contributed by atoms with Gasteiger partial charge in [0.25, 0.3) is 0 Å². The Morgan fingerprint density at radius 2 is 2.05 bits per heavy atom. The summed E-state index contributed by atoms with van der Waals surface area (Å²) in [5.41, 5.74) is 1.70. The average Bonchev–Trinajstić information content (AvgIpc) is 2.55. The first-order chi connectivity index (χ1) is 10.6. The normalized spacial score (nSPS) is 18.9. The van der Waals surface area contributed by atoms with E-state index >= 15 is 0 Å². The number of ether oxygens (including phenoxy) is 1. The number of carbonyl (C=O) groups excluding carboxylic acids is 2. The van der Waals surface area contributed by atoms with Crippen LogP contribution in [0.5, 0.6) is 0 Å². The molecule has 0 aliphatic carbocycles. The summed E-state index contributed by atoms with van der Waals surface area (Å²) in [6.07, 6.45) is 3.52. The standard InChI is InChI=1S/C18H23NO3/c1-3-22-18(21)16-10-7-11-19(13-16)17(20)14(2)12-15-8-5-4-6-9-15/h4-6,8-9,12,16H,3,7,10-11,13H2,1-2H3. The van der Waals surface area contributed by atoms with Gasteiger partial charge in [0.2, 0.25) is 5.91 Å². The second-order valence-corrected chi connectivity index (χ2v) is 5.58. The van der Waals surface area contributed by atoms with Gasteiger partial charge in [0, 0.05) is 18.7 Å². The molecule has 0 N–H and O–H groups in total. The molecule has 1 amide bonds. The largest absolute Gasteiger partial charge is 0.466 e. The van der Waals surface area contributed by atoms with Crippen molar-refractivity contribution in [3.05, 3.63) is 41.5 Å². The van der Waals surface area contributed by atoms with Gasteiger partial charge in [-0.05, 0) is 38.3 Å². The SMILES string of the molecule is CCOC(=O)C1CCCN(C(=O)C(C)=Cc2ccccc2)C1. The van der Waals surface area contributed by atoms with Crippen molar-refractivity contribution in [3.8, 4) is 0 Å². The highest BCUT2D eigenvalue weighted by molar-refractivity contribution is 5.97. The molecule has 1 fully saturated rings. The molecule has 4 heteroatoms. The lowest BCUT2D eigenvalue weighted by Crippen LogP contribution is -2.43. The van der Waals surface area contributed by atoms with Crippen LogP contribution < -0.4 is 0 Å². The highest BCUT2D eigenvalue weighted by Gasteiger charge is 2.29. The molecule has 0 bridgehead atoms. The summed E-state index contributed by atoms with van der Waals surface area (Å²) >= 11 is 0. The Bertz CT molecular complexity index is 551. The van der Waals surface area contributed by atoms with Crippen LogP contribution in [0.3, 0.4) is 0 Å². The van der Waals surface area contributed by atoms with Gasteiger partial charge in [-0.3, -0.25) is 9.59 Å². The number of carbonyl (C=O) groups is 2. The highest BCUT2D eigenvalue weighted by atomic mass is 16.5. The molecule has 1 atom stereocenters. The first kappa shape index (κ1) is 16.3. The summed E-state index contributed by atoms with van der Waals surface area (Å²) in [5, 5.41) is 0. The Hall–Kier alpha value is -2.10. The molecular formula is C18H23NO3. The summed E-state index contributed by atoms with van der Waals surface area (Å²) in [5.74, 6) is -0.385. The minimum atomic E-state index is -0.192. The fraction of sp³-hybridized carbons (Fsp3) is 0.444. The summed E-state index contributed by atoms with van der Waals surface area (Å²) < 4.78 is 5.07. The van der Waals surface area contributed by atoms with Crippen LogP contribution in [0.15, 0.2) is 35.9 Å². The van der Waals surface area contributed by atoms with Crippen LogP contribution in [0.25, 0.3) is 6.08 Å². The van der Waals surface area contributed by atoms with E-state index in [1.54, 1.807) is 11.8 Å². The molecule has 22 heavy (non-hydrogen) atoms. The van der Waals surface area contributed by atoms with E-state index in [0.717, 1.165) is 18.4 Å². The summed E-state index contributed by atoms with van der Waals surface area (Å²) in [4.78, 5) is 26.2. The van der Waals surface area contributed by atoms with E-state index < -0.39 is 0 Å². The van der Waals surface area contributed by atoms with E-state index in [0.29, 0.717) is 25.3 Å². The van der Waals surface area contributed by atoms with E-state index in [4.69, 9.17) is 4.74 Å². The fourth-order valence-corrected chi connectivity index (χ4v) is 2.72. The Morgan fingerprint density at radius 3 is 2.73 bits per heavy atom. The third kappa shape index (κ3) is 4.20. The molecule has 1 aromatic carbocycles. The number of likely N-dealkylation sites (tertiary alicyclic amines) is 1. The zero-order chi connectivity index (χ0) is 15.9. The lowest BCUT2D eigenvalue weighted by molar-refractivity contribution is -0.150. The Morgan fingerprint density at radius 1 is 1.32 bits per heavy atom. The van der Waals surface area contributed by atoms with Gasteiger partial charge in [-0.1, -0.05) is 30.3 Å². The van der Waals surface area contributed by atoms with Crippen molar-refractivity contribution in [1.29, 1.82) is 0 Å². The molecule has 0 spiro atoms. The van der Waals surface area contributed by atoms with Crippen LogP contribution in [-0.4, -0.2) is 36.5 Å². The van der Waals surface area contributed by atoms with E-state index in [-0.39, 0.29) is 17.8 Å². The number of rotatable bonds is 4. The quantitative estimate of drug-likeness (QED) is 0.634. The number of hydrogen-bond acceptors (Lipinski definition) is 3. The molecule has 2 rings (SSSR count). The van der Waals surface area contributed by atoms with Crippen molar-refractivity contribution in [2.45, 2.75) is 26.7 Å². The lowest BCUT2D eigenvalue weighted by atomic mass is 9.97. The van der Waals surface area contributed by atoms with Gasteiger partial charge in [0.1, 0.15) is 0 Å². The van der Waals surface area contributed by atoms with E-state index in [1.165, 1.54) is 0 Å². The van der Waals surface area contributed by atoms with Crippen LogP contribution in [0.1, 0.15) is 32.3 Å². The lowest BCUT2D eigenvalue weighted by Gasteiger charge is -2.31. The first-order valence-electron chi connectivity index (χ1n) is 7.81. The van der Waals surface area contributed by atoms with E-state index in [1.807, 2.05) is 43.3 Å². The monoisotopic (exact) mass is 301 g/mol. The van der Waals surface area contributed by atoms with Crippen molar-refractivity contribution >= 4 is 18.0 Å². The van der Waals surface area contributed by atoms with Crippen molar-refractivity contribution in [1.82, 2.24) is 4.90 Å². The number of benzene rings is 1. The predicted octanol–water partition coefficient (Wildman–Crippen LogP) is 2.89. The molecule has 118 valence electrons. The van der Waals surface area contributed by atoms with Crippen LogP contribution in [0.2, 0.25) is 0 Å². The van der Waals surface area contributed by atoms with Gasteiger partial charge in [-0.15, -0.1) is 0 Å². The summed E-state index contributed by atoms with van der Waals surface area (Å²) in [6, 6.07) is 9.77. The molecule has 1 aromatic rings. The summed E-state index contributed by atoms with van der Waals surface area (Å²) in [7, 11) is 0. The molecule has 1 saturated heterocycles. The topological polar surface area (TPSA) is 46.6 Å². The Labute approximate surface area is 131 Å². The number of amides is 1. The maximum absolute atomic E-state index is 12.5. The third-order valence-corrected chi connectivity index (χ3v) is 3.85. The molecule has 1 heterocycles. The van der Waals surface area contributed by atoms with Crippen LogP contribution in [-0.2, 0) is 14.3 Å².